The zero-order valence-electron chi connectivity index (χ0n) is 12.4. The van der Waals surface area contributed by atoms with E-state index < -0.39 is 5.97 Å². The van der Waals surface area contributed by atoms with Gasteiger partial charge in [-0.1, -0.05) is 13.3 Å². The second-order valence-electron chi connectivity index (χ2n) is 5.44. The lowest BCUT2D eigenvalue weighted by Gasteiger charge is -2.28. The van der Waals surface area contributed by atoms with Crippen molar-refractivity contribution in [1.82, 2.24) is 10.6 Å². The lowest BCUT2D eigenvalue weighted by atomic mass is 9.95. The zero-order chi connectivity index (χ0) is 15.0. The van der Waals surface area contributed by atoms with Crippen LogP contribution in [0.3, 0.4) is 0 Å². The van der Waals surface area contributed by atoms with Gasteiger partial charge in [0.25, 0.3) is 0 Å². The maximum absolute atomic E-state index is 11.8. The lowest BCUT2D eigenvalue weighted by Crippen LogP contribution is -2.45. The summed E-state index contributed by atoms with van der Waals surface area (Å²) in [6.07, 6.45) is 7.38. The molecule has 0 aromatic carbocycles. The average molecular weight is 302 g/mol. The van der Waals surface area contributed by atoms with Crippen molar-refractivity contribution in [2.24, 2.45) is 5.92 Å². The Labute approximate surface area is 125 Å². The number of carbonyl (C=O) groups excluding carboxylic acids is 1. The van der Waals surface area contributed by atoms with Crippen LogP contribution in [-0.4, -0.2) is 41.2 Å². The van der Waals surface area contributed by atoms with Gasteiger partial charge in [-0.25, -0.2) is 4.79 Å². The van der Waals surface area contributed by atoms with Crippen LogP contribution in [-0.2, 0) is 4.79 Å². The highest BCUT2D eigenvalue weighted by Crippen LogP contribution is 2.26. The number of hydrogen-bond acceptors (Lipinski definition) is 3. The summed E-state index contributed by atoms with van der Waals surface area (Å²) in [5, 5.41) is 15.3. The van der Waals surface area contributed by atoms with E-state index in [0.717, 1.165) is 37.4 Å². The van der Waals surface area contributed by atoms with E-state index in [4.69, 9.17) is 5.11 Å². The molecule has 0 aromatic heterocycles. The van der Waals surface area contributed by atoms with Gasteiger partial charge >= 0.3 is 12.0 Å². The first kappa shape index (κ1) is 17.1. The van der Waals surface area contributed by atoms with Crippen LogP contribution in [0, 0.1) is 5.92 Å². The molecular formula is C14H26N2O3S. The fourth-order valence-corrected chi connectivity index (χ4v) is 3.27. The predicted molar refractivity (Wildman–Crippen MR) is 82.1 cm³/mol. The van der Waals surface area contributed by atoms with Crippen molar-refractivity contribution in [3.05, 3.63) is 0 Å². The van der Waals surface area contributed by atoms with Crippen LogP contribution in [0.15, 0.2) is 0 Å². The highest BCUT2D eigenvalue weighted by Gasteiger charge is 2.22. The van der Waals surface area contributed by atoms with Gasteiger partial charge in [0.2, 0.25) is 0 Å². The Bertz CT molecular complexity index is 318. The Morgan fingerprint density at radius 3 is 2.45 bits per heavy atom. The first-order valence-corrected chi connectivity index (χ1v) is 8.62. The van der Waals surface area contributed by atoms with E-state index in [2.05, 4.69) is 16.9 Å². The molecule has 116 valence electrons. The smallest absolute Gasteiger partial charge is 0.315 e. The van der Waals surface area contributed by atoms with Crippen LogP contribution in [0.1, 0.15) is 45.4 Å². The van der Waals surface area contributed by atoms with Gasteiger partial charge in [0.15, 0.2) is 0 Å². The molecular weight excluding hydrogens is 276 g/mol. The monoisotopic (exact) mass is 302 g/mol. The number of carboxylic acids is 1. The molecule has 1 atom stereocenters. The van der Waals surface area contributed by atoms with Crippen molar-refractivity contribution in [3.63, 3.8) is 0 Å². The summed E-state index contributed by atoms with van der Waals surface area (Å²) in [5.74, 6) is -0.806. The van der Waals surface area contributed by atoms with Gasteiger partial charge in [-0.2, -0.15) is 11.8 Å². The van der Waals surface area contributed by atoms with Crippen molar-refractivity contribution < 1.29 is 14.7 Å². The first-order valence-electron chi connectivity index (χ1n) is 7.34. The summed E-state index contributed by atoms with van der Waals surface area (Å²) in [6.45, 7) is 2.37. The summed E-state index contributed by atoms with van der Waals surface area (Å²) in [4.78, 5) is 22.5. The molecule has 1 aliphatic rings. The molecule has 0 bridgehead atoms. The number of carboxylic acid groups (broad SMARTS) is 1. The van der Waals surface area contributed by atoms with E-state index >= 15 is 0 Å². The Kier molecular flexibility index (Phi) is 7.80. The van der Waals surface area contributed by atoms with Crippen molar-refractivity contribution in [1.29, 1.82) is 0 Å². The van der Waals surface area contributed by atoms with Crippen molar-refractivity contribution in [3.8, 4) is 0 Å². The second-order valence-corrected chi connectivity index (χ2v) is 6.57. The van der Waals surface area contributed by atoms with E-state index in [1.807, 2.05) is 18.7 Å². The standard InChI is InChI=1S/C14H26N2O3S/c1-3-10(8-13(17)18)9-15-14(19)16-11-4-6-12(20-2)7-5-11/h10-12H,3-9H2,1-2H3,(H,17,18)(H2,15,16,19). The minimum absolute atomic E-state index is 0.00507. The largest absolute Gasteiger partial charge is 0.481 e. The molecule has 1 unspecified atom stereocenters. The molecule has 6 heteroatoms. The maximum atomic E-state index is 11.8. The molecule has 0 spiro atoms. The van der Waals surface area contributed by atoms with E-state index in [-0.39, 0.29) is 24.4 Å². The van der Waals surface area contributed by atoms with Crippen molar-refractivity contribution >= 4 is 23.8 Å². The van der Waals surface area contributed by atoms with Crippen molar-refractivity contribution in [2.45, 2.75) is 56.7 Å². The number of aliphatic carboxylic acids is 1. The highest BCUT2D eigenvalue weighted by molar-refractivity contribution is 7.99. The maximum Gasteiger partial charge on any atom is 0.315 e. The van der Waals surface area contributed by atoms with E-state index in [1.54, 1.807) is 0 Å². The van der Waals surface area contributed by atoms with Gasteiger partial charge in [-0.05, 0) is 37.9 Å². The predicted octanol–water partition coefficient (Wildman–Crippen LogP) is 2.46. The summed E-state index contributed by atoms with van der Waals surface area (Å²) < 4.78 is 0. The summed E-state index contributed by atoms with van der Waals surface area (Å²) in [5.41, 5.74) is 0. The molecule has 1 saturated carbocycles. The third kappa shape index (κ3) is 6.50. The summed E-state index contributed by atoms with van der Waals surface area (Å²) in [6, 6.07) is 0.0967. The van der Waals surface area contributed by atoms with Crippen LogP contribution in [0.2, 0.25) is 0 Å². The molecule has 0 heterocycles. The number of nitrogens with one attached hydrogen (secondary N) is 2. The number of carbonyl (C=O) groups is 2. The average Bonchev–Trinajstić information content (AvgIpc) is 2.44. The summed E-state index contributed by atoms with van der Waals surface area (Å²) in [7, 11) is 0. The Hall–Kier alpha value is -0.910. The Balaban J connectivity index is 2.21. The molecule has 20 heavy (non-hydrogen) atoms. The minimum Gasteiger partial charge on any atom is -0.481 e. The lowest BCUT2D eigenvalue weighted by molar-refractivity contribution is -0.138. The molecule has 1 rings (SSSR count). The fraction of sp³-hybridized carbons (Fsp3) is 0.857. The van der Waals surface area contributed by atoms with Gasteiger partial charge in [0.1, 0.15) is 0 Å². The molecule has 3 N–H and O–H groups in total. The Morgan fingerprint density at radius 1 is 1.30 bits per heavy atom. The van der Waals surface area contributed by atoms with Crippen LogP contribution in [0.5, 0.6) is 0 Å². The third-order valence-corrected chi connectivity index (χ3v) is 5.07. The second kappa shape index (κ2) is 9.10. The van der Waals surface area contributed by atoms with Gasteiger partial charge in [0.05, 0.1) is 0 Å². The number of amides is 2. The van der Waals surface area contributed by atoms with Gasteiger partial charge < -0.3 is 15.7 Å². The van der Waals surface area contributed by atoms with E-state index in [0.29, 0.717) is 6.54 Å². The SMILES string of the molecule is CCC(CNC(=O)NC1CCC(SC)CC1)CC(=O)O. The Morgan fingerprint density at radius 2 is 1.95 bits per heavy atom. The number of urea groups is 1. The molecule has 0 radical (unpaired) electrons. The normalized spacial score (nSPS) is 23.9. The van der Waals surface area contributed by atoms with Crippen LogP contribution >= 0.6 is 11.8 Å². The van der Waals surface area contributed by atoms with Gasteiger partial charge in [0, 0.05) is 24.3 Å². The van der Waals surface area contributed by atoms with Crippen LogP contribution < -0.4 is 10.6 Å². The molecule has 0 saturated heterocycles. The fourth-order valence-electron chi connectivity index (χ4n) is 2.52. The van der Waals surface area contributed by atoms with E-state index in [9.17, 15) is 9.59 Å². The molecule has 2 amide bonds. The van der Waals surface area contributed by atoms with Gasteiger partial charge in [-0.15, -0.1) is 0 Å². The number of hydrogen-bond donors (Lipinski definition) is 3. The highest BCUT2D eigenvalue weighted by atomic mass is 32.2. The number of rotatable bonds is 7. The molecule has 0 aliphatic heterocycles. The first-order chi connectivity index (χ1) is 9.55. The van der Waals surface area contributed by atoms with Crippen molar-refractivity contribution in [2.75, 3.05) is 12.8 Å². The zero-order valence-corrected chi connectivity index (χ0v) is 13.2. The minimum atomic E-state index is -0.811. The van der Waals surface area contributed by atoms with Crippen LogP contribution in [0.4, 0.5) is 4.79 Å². The molecule has 5 nitrogen and oxygen atoms in total. The quantitative estimate of drug-likeness (QED) is 0.675. The summed E-state index contributed by atoms with van der Waals surface area (Å²) >= 11 is 1.91. The molecule has 1 fully saturated rings. The molecule has 0 aromatic rings. The van der Waals surface area contributed by atoms with Crippen LogP contribution in [0.25, 0.3) is 0 Å². The van der Waals surface area contributed by atoms with Gasteiger partial charge in [-0.3, -0.25) is 4.79 Å². The topological polar surface area (TPSA) is 78.4 Å². The third-order valence-electron chi connectivity index (χ3n) is 3.93. The molecule has 1 aliphatic carbocycles. The van der Waals surface area contributed by atoms with E-state index in [1.165, 1.54) is 0 Å². The number of thioether (sulfide) groups is 1.